The SMILES string of the molecule is C=C(C)C(=O)OC(=O)CCCCCCCCC(=O)OC(=O)CCCCCCCCC(=O)OC(=O)C(=C)C. The zero-order valence-electron chi connectivity index (χ0n) is 22.4. The first-order valence-electron chi connectivity index (χ1n) is 13.1. The van der Waals surface area contributed by atoms with Gasteiger partial charge in [-0.1, -0.05) is 64.5 Å². The lowest BCUT2D eigenvalue weighted by atomic mass is 10.1. The van der Waals surface area contributed by atoms with E-state index in [1.807, 2.05) is 0 Å². The molecule has 0 amide bonds. The molecule has 0 aliphatic heterocycles. The molecule has 9 nitrogen and oxygen atoms in total. The van der Waals surface area contributed by atoms with Gasteiger partial charge in [-0.3, -0.25) is 19.2 Å². The van der Waals surface area contributed by atoms with Crippen LogP contribution < -0.4 is 0 Å². The largest absolute Gasteiger partial charge is 0.393 e. The first kappa shape index (κ1) is 33.9. The Labute approximate surface area is 220 Å². The summed E-state index contributed by atoms with van der Waals surface area (Å²) in [6.45, 7) is 9.80. The number of hydrogen-bond donors (Lipinski definition) is 0. The average Bonchev–Trinajstić information content (AvgIpc) is 2.82. The van der Waals surface area contributed by atoms with Crippen molar-refractivity contribution in [3.8, 4) is 0 Å². The number of hydrogen-bond acceptors (Lipinski definition) is 9. The Kier molecular flexibility index (Phi) is 19.3. The number of carbonyl (C=O) groups excluding carboxylic acids is 6. The molecule has 208 valence electrons. The van der Waals surface area contributed by atoms with Gasteiger partial charge in [0.2, 0.25) is 0 Å². The van der Waals surface area contributed by atoms with Crippen molar-refractivity contribution < 1.29 is 43.0 Å². The van der Waals surface area contributed by atoms with Gasteiger partial charge in [-0.25, -0.2) is 9.59 Å². The highest BCUT2D eigenvalue weighted by Gasteiger charge is 2.12. The van der Waals surface area contributed by atoms with E-state index < -0.39 is 35.8 Å². The van der Waals surface area contributed by atoms with Gasteiger partial charge in [-0.05, 0) is 39.5 Å². The van der Waals surface area contributed by atoms with E-state index in [0.717, 1.165) is 51.4 Å². The second-order valence-corrected chi connectivity index (χ2v) is 9.17. The Morgan fingerprint density at radius 2 is 0.622 bits per heavy atom. The van der Waals surface area contributed by atoms with E-state index in [0.29, 0.717) is 25.7 Å². The van der Waals surface area contributed by atoms with Crippen LogP contribution in [0, 0.1) is 0 Å². The minimum atomic E-state index is -0.695. The second kappa shape index (κ2) is 21.0. The van der Waals surface area contributed by atoms with Gasteiger partial charge in [-0.15, -0.1) is 0 Å². The molecule has 0 aromatic carbocycles. The van der Waals surface area contributed by atoms with Crippen LogP contribution >= 0.6 is 0 Å². The quantitative estimate of drug-likeness (QED) is 0.0660. The highest BCUT2D eigenvalue weighted by Crippen LogP contribution is 2.12. The molecule has 0 fully saturated rings. The summed E-state index contributed by atoms with van der Waals surface area (Å²) in [5, 5.41) is 0. The highest BCUT2D eigenvalue weighted by atomic mass is 16.6. The lowest BCUT2D eigenvalue weighted by Crippen LogP contribution is -2.12. The van der Waals surface area contributed by atoms with Crippen LogP contribution in [0.3, 0.4) is 0 Å². The third kappa shape index (κ3) is 20.8. The first-order valence-corrected chi connectivity index (χ1v) is 13.1. The summed E-state index contributed by atoms with van der Waals surface area (Å²) >= 11 is 0. The second-order valence-electron chi connectivity index (χ2n) is 9.17. The summed E-state index contributed by atoms with van der Waals surface area (Å²) in [4.78, 5) is 68.9. The predicted octanol–water partition coefficient (Wildman–Crippen LogP) is 5.59. The van der Waals surface area contributed by atoms with Crippen molar-refractivity contribution in [2.45, 2.75) is 117 Å². The maximum atomic E-state index is 11.8. The van der Waals surface area contributed by atoms with Crippen LogP contribution in [0.2, 0.25) is 0 Å². The third-order valence-electron chi connectivity index (χ3n) is 5.36. The molecule has 0 saturated carbocycles. The first-order chi connectivity index (χ1) is 17.5. The number of rotatable bonds is 20. The number of ether oxygens (including phenoxy) is 3. The summed E-state index contributed by atoms with van der Waals surface area (Å²) in [7, 11) is 0. The molecule has 37 heavy (non-hydrogen) atoms. The van der Waals surface area contributed by atoms with Gasteiger partial charge in [0.05, 0.1) is 0 Å². The van der Waals surface area contributed by atoms with Gasteiger partial charge in [0.25, 0.3) is 0 Å². The smallest absolute Gasteiger partial charge is 0.340 e. The van der Waals surface area contributed by atoms with Crippen molar-refractivity contribution in [3.63, 3.8) is 0 Å². The maximum Gasteiger partial charge on any atom is 0.340 e. The van der Waals surface area contributed by atoms with Gasteiger partial charge in [0.15, 0.2) is 0 Å². The summed E-state index contributed by atoms with van der Waals surface area (Å²) in [5.74, 6) is -3.50. The molecule has 0 aromatic heterocycles. The van der Waals surface area contributed by atoms with Gasteiger partial charge < -0.3 is 14.2 Å². The van der Waals surface area contributed by atoms with E-state index >= 15 is 0 Å². The Morgan fingerprint density at radius 1 is 0.405 bits per heavy atom. The molecule has 9 heteroatoms. The van der Waals surface area contributed by atoms with Crippen LogP contribution in [-0.4, -0.2) is 35.8 Å². The molecule has 0 aliphatic rings. The van der Waals surface area contributed by atoms with Crippen LogP contribution in [0.4, 0.5) is 0 Å². The Morgan fingerprint density at radius 3 is 0.865 bits per heavy atom. The van der Waals surface area contributed by atoms with Crippen molar-refractivity contribution in [2.75, 3.05) is 0 Å². The molecule has 0 saturated heterocycles. The summed E-state index contributed by atoms with van der Waals surface area (Å²) in [6, 6.07) is 0. The minimum absolute atomic E-state index is 0.184. The fourth-order valence-corrected chi connectivity index (χ4v) is 3.20. The zero-order valence-corrected chi connectivity index (χ0v) is 22.4. The van der Waals surface area contributed by atoms with Crippen molar-refractivity contribution in [1.82, 2.24) is 0 Å². The van der Waals surface area contributed by atoms with Crippen molar-refractivity contribution in [1.29, 1.82) is 0 Å². The van der Waals surface area contributed by atoms with Crippen molar-refractivity contribution >= 4 is 35.8 Å². The molecule has 0 rings (SSSR count). The fraction of sp³-hybridized carbons (Fsp3) is 0.643. The van der Waals surface area contributed by atoms with Crippen LogP contribution in [0.25, 0.3) is 0 Å². The molecule has 0 atom stereocenters. The lowest BCUT2D eigenvalue weighted by Gasteiger charge is -2.05. The van der Waals surface area contributed by atoms with Gasteiger partial charge in [-0.2, -0.15) is 0 Å². The standard InChI is InChI=1S/C28H42O9/c1-21(2)27(33)36-25(31)19-15-11-7-5-9-13-17-23(29)35-24(30)18-14-10-6-8-12-16-20-26(32)37-28(34)22(3)4/h1,3,5-20H2,2,4H3. The Bertz CT molecular complexity index is 744. The maximum absolute atomic E-state index is 11.8. The highest BCUT2D eigenvalue weighted by molar-refractivity contribution is 5.95. The average molecular weight is 523 g/mol. The summed E-state index contributed by atoms with van der Waals surface area (Å²) < 4.78 is 14.1. The van der Waals surface area contributed by atoms with E-state index in [9.17, 15) is 28.8 Å². The molecule has 0 aliphatic carbocycles. The molecular formula is C28H42O9. The molecule has 0 aromatic rings. The van der Waals surface area contributed by atoms with E-state index in [4.69, 9.17) is 4.74 Å². The number of esters is 6. The third-order valence-corrected chi connectivity index (χ3v) is 5.36. The van der Waals surface area contributed by atoms with E-state index in [1.165, 1.54) is 13.8 Å². The van der Waals surface area contributed by atoms with E-state index in [1.54, 1.807) is 0 Å². The normalized spacial score (nSPS) is 10.3. The lowest BCUT2D eigenvalue weighted by molar-refractivity contribution is -0.160. The molecular weight excluding hydrogens is 480 g/mol. The predicted molar refractivity (Wildman–Crippen MR) is 137 cm³/mol. The summed E-state index contributed by atoms with van der Waals surface area (Å²) in [5.41, 5.74) is 0.379. The zero-order chi connectivity index (χ0) is 28.1. The Hall–Kier alpha value is -3.10. The van der Waals surface area contributed by atoms with E-state index in [2.05, 4.69) is 22.6 Å². The van der Waals surface area contributed by atoms with Gasteiger partial charge in [0, 0.05) is 36.8 Å². The molecule has 0 heterocycles. The monoisotopic (exact) mass is 522 g/mol. The fourth-order valence-electron chi connectivity index (χ4n) is 3.20. The number of carbonyl (C=O) groups is 6. The van der Waals surface area contributed by atoms with Crippen LogP contribution in [0.1, 0.15) is 117 Å². The molecule has 0 spiro atoms. The van der Waals surface area contributed by atoms with Gasteiger partial charge >= 0.3 is 35.8 Å². The van der Waals surface area contributed by atoms with Crippen LogP contribution in [-0.2, 0) is 43.0 Å². The molecule has 0 bridgehead atoms. The van der Waals surface area contributed by atoms with E-state index in [-0.39, 0.29) is 36.8 Å². The number of unbranched alkanes of at least 4 members (excludes halogenated alkanes) is 10. The molecule has 0 unspecified atom stereocenters. The molecule has 0 radical (unpaired) electrons. The van der Waals surface area contributed by atoms with Gasteiger partial charge in [0.1, 0.15) is 0 Å². The Balaban J connectivity index is 3.57. The summed E-state index contributed by atoms with van der Waals surface area (Å²) in [6.07, 6.45) is 10.2. The van der Waals surface area contributed by atoms with Crippen LogP contribution in [0.15, 0.2) is 24.3 Å². The molecule has 0 N–H and O–H groups in total. The van der Waals surface area contributed by atoms with Crippen molar-refractivity contribution in [3.05, 3.63) is 24.3 Å². The van der Waals surface area contributed by atoms with Crippen LogP contribution in [0.5, 0.6) is 0 Å². The van der Waals surface area contributed by atoms with Crippen molar-refractivity contribution in [2.24, 2.45) is 0 Å². The minimum Gasteiger partial charge on any atom is -0.393 e. The topological polar surface area (TPSA) is 130 Å².